The lowest BCUT2D eigenvalue weighted by atomic mass is 10.2. The zero-order valence-electron chi connectivity index (χ0n) is 9.61. The van der Waals surface area contributed by atoms with Gasteiger partial charge in [0.15, 0.2) is 0 Å². The fourth-order valence-corrected chi connectivity index (χ4v) is 1.82. The van der Waals surface area contributed by atoms with E-state index in [9.17, 15) is 18.0 Å². The van der Waals surface area contributed by atoms with Gasteiger partial charge in [0.25, 0.3) is 0 Å². The molecule has 0 aliphatic rings. The minimum Gasteiger partial charge on any atom is -0.480 e. The zero-order valence-corrected chi connectivity index (χ0v) is 9.61. The predicted octanol–water partition coefficient (Wildman–Crippen LogP) is 1.60. The largest absolute Gasteiger partial charge is 0.480 e. The van der Waals surface area contributed by atoms with Crippen LogP contribution in [0.1, 0.15) is 11.4 Å². The number of nitrogens with two attached hydrogens (primary N) is 1. The number of alkyl halides is 3. The van der Waals surface area contributed by atoms with Gasteiger partial charge >= 0.3 is 12.1 Å². The summed E-state index contributed by atoms with van der Waals surface area (Å²) in [6.45, 7) is -0.447. The van der Waals surface area contributed by atoms with Crippen LogP contribution in [0.2, 0.25) is 0 Å². The van der Waals surface area contributed by atoms with E-state index in [0.29, 0.717) is 5.52 Å². The molecule has 2 rings (SSSR count). The molecule has 0 bridgehead atoms. The topological polar surface area (TPSA) is 81.1 Å². The zero-order chi connectivity index (χ0) is 14.2. The van der Waals surface area contributed by atoms with Gasteiger partial charge in [-0.15, -0.1) is 0 Å². The fraction of sp³-hybridized carbons (Fsp3) is 0.273. The van der Waals surface area contributed by atoms with Crippen molar-refractivity contribution < 1.29 is 23.1 Å². The predicted molar refractivity (Wildman–Crippen MR) is 60.3 cm³/mol. The number of halogens is 3. The first kappa shape index (κ1) is 13.3. The van der Waals surface area contributed by atoms with Crippen molar-refractivity contribution in [1.29, 1.82) is 0 Å². The molecule has 0 radical (unpaired) electrons. The molecule has 3 N–H and O–H groups in total. The molecule has 0 spiro atoms. The molecule has 1 heterocycles. The van der Waals surface area contributed by atoms with Crippen LogP contribution < -0.4 is 5.73 Å². The Kier molecular flexibility index (Phi) is 3.19. The Morgan fingerprint density at radius 1 is 1.42 bits per heavy atom. The van der Waals surface area contributed by atoms with Gasteiger partial charge in [0, 0.05) is 0 Å². The Bertz CT molecular complexity index is 634. The van der Waals surface area contributed by atoms with Crippen LogP contribution >= 0.6 is 0 Å². The maximum Gasteiger partial charge on any atom is 0.416 e. The molecule has 1 aromatic carbocycles. The van der Waals surface area contributed by atoms with Crippen LogP contribution in [0.25, 0.3) is 11.0 Å². The molecule has 0 amide bonds. The lowest BCUT2D eigenvalue weighted by molar-refractivity contribution is -0.138. The number of rotatable bonds is 3. The van der Waals surface area contributed by atoms with E-state index in [2.05, 4.69) is 4.98 Å². The van der Waals surface area contributed by atoms with Gasteiger partial charge < -0.3 is 15.4 Å². The Balaban J connectivity index is 2.60. The van der Waals surface area contributed by atoms with Gasteiger partial charge in [0.2, 0.25) is 0 Å². The van der Waals surface area contributed by atoms with E-state index < -0.39 is 24.3 Å². The van der Waals surface area contributed by atoms with E-state index in [4.69, 9.17) is 10.8 Å². The number of carboxylic acid groups (broad SMARTS) is 1. The minimum absolute atomic E-state index is 0.0523. The number of aromatic nitrogens is 2. The SMILES string of the molecule is NCc1nc2cc(C(F)(F)F)ccc2n1CC(=O)O. The summed E-state index contributed by atoms with van der Waals surface area (Å²) >= 11 is 0. The molecule has 0 unspecified atom stereocenters. The van der Waals surface area contributed by atoms with E-state index >= 15 is 0 Å². The van der Waals surface area contributed by atoms with Crippen molar-refractivity contribution in [1.82, 2.24) is 9.55 Å². The maximum absolute atomic E-state index is 12.6. The minimum atomic E-state index is -4.46. The van der Waals surface area contributed by atoms with Crippen molar-refractivity contribution in [3.8, 4) is 0 Å². The molecule has 0 saturated heterocycles. The van der Waals surface area contributed by atoms with Crippen LogP contribution in [0.5, 0.6) is 0 Å². The summed E-state index contributed by atoms with van der Waals surface area (Å²) in [5, 5.41) is 8.78. The van der Waals surface area contributed by atoms with Gasteiger partial charge in [-0.3, -0.25) is 4.79 Å². The molecule has 0 saturated carbocycles. The highest BCUT2D eigenvalue weighted by atomic mass is 19.4. The second-order valence-electron chi connectivity index (χ2n) is 3.91. The van der Waals surface area contributed by atoms with E-state index in [1.807, 2.05) is 0 Å². The summed E-state index contributed by atoms with van der Waals surface area (Å²) in [4.78, 5) is 14.7. The van der Waals surface area contributed by atoms with Crippen molar-refractivity contribution >= 4 is 17.0 Å². The molecule has 0 atom stereocenters. The molecular weight excluding hydrogens is 263 g/mol. The fourth-order valence-electron chi connectivity index (χ4n) is 1.82. The molecule has 0 aliphatic heterocycles. The average Bonchev–Trinajstić information content (AvgIpc) is 2.65. The van der Waals surface area contributed by atoms with Gasteiger partial charge in [-0.25, -0.2) is 4.98 Å². The van der Waals surface area contributed by atoms with E-state index in [-0.39, 0.29) is 17.9 Å². The van der Waals surface area contributed by atoms with Crippen molar-refractivity contribution in [2.75, 3.05) is 0 Å². The summed E-state index contributed by atoms with van der Waals surface area (Å²) in [5.41, 5.74) is 4.98. The van der Waals surface area contributed by atoms with E-state index in [1.54, 1.807) is 0 Å². The normalized spacial score (nSPS) is 12.0. The second-order valence-corrected chi connectivity index (χ2v) is 3.91. The number of fused-ring (bicyclic) bond motifs is 1. The third-order valence-electron chi connectivity index (χ3n) is 2.63. The molecule has 102 valence electrons. The summed E-state index contributed by atoms with van der Waals surface area (Å²) < 4.78 is 39.0. The summed E-state index contributed by atoms with van der Waals surface area (Å²) in [6.07, 6.45) is -4.46. The molecule has 1 aromatic heterocycles. The Hall–Kier alpha value is -2.09. The Morgan fingerprint density at radius 3 is 2.63 bits per heavy atom. The number of benzene rings is 1. The summed E-state index contributed by atoms with van der Waals surface area (Å²) in [7, 11) is 0. The molecule has 0 aliphatic carbocycles. The van der Waals surface area contributed by atoms with Crippen LogP contribution in [0, 0.1) is 0 Å². The number of aliphatic carboxylic acids is 1. The number of hydrogen-bond donors (Lipinski definition) is 2. The van der Waals surface area contributed by atoms with Crippen LogP contribution in [0.15, 0.2) is 18.2 Å². The first-order valence-corrected chi connectivity index (χ1v) is 5.31. The molecular formula is C11H10F3N3O2. The van der Waals surface area contributed by atoms with Gasteiger partial charge in [0.1, 0.15) is 12.4 Å². The van der Waals surface area contributed by atoms with E-state index in [0.717, 1.165) is 12.1 Å². The van der Waals surface area contributed by atoms with Crippen LogP contribution in [0.3, 0.4) is 0 Å². The third-order valence-corrected chi connectivity index (χ3v) is 2.63. The first-order valence-electron chi connectivity index (χ1n) is 5.31. The lowest BCUT2D eigenvalue weighted by Crippen LogP contribution is -2.14. The van der Waals surface area contributed by atoms with Crippen molar-refractivity contribution in [3.05, 3.63) is 29.6 Å². The molecule has 0 fully saturated rings. The van der Waals surface area contributed by atoms with Gasteiger partial charge in [-0.2, -0.15) is 13.2 Å². The van der Waals surface area contributed by atoms with Crippen molar-refractivity contribution in [3.63, 3.8) is 0 Å². The highest BCUT2D eigenvalue weighted by molar-refractivity contribution is 5.79. The summed E-state index contributed by atoms with van der Waals surface area (Å²) in [5.74, 6) is -0.884. The quantitative estimate of drug-likeness (QED) is 0.890. The van der Waals surface area contributed by atoms with Gasteiger partial charge in [0.05, 0.1) is 23.1 Å². The Labute approximate surface area is 105 Å². The molecule has 2 aromatic rings. The van der Waals surface area contributed by atoms with Gasteiger partial charge in [-0.05, 0) is 18.2 Å². The maximum atomic E-state index is 12.6. The monoisotopic (exact) mass is 273 g/mol. The number of hydrogen-bond acceptors (Lipinski definition) is 3. The molecule has 5 nitrogen and oxygen atoms in total. The first-order chi connectivity index (χ1) is 8.82. The average molecular weight is 273 g/mol. The summed E-state index contributed by atoms with van der Waals surface area (Å²) in [6, 6.07) is 2.97. The second kappa shape index (κ2) is 4.54. The number of carboxylic acids is 1. The Morgan fingerprint density at radius 2 is 2.11 bits per heavy atom. The molecule has 8 heteroatoms. The van der Waals surface area contributed by atoms with Gasteiger partial charge in [-0.1, -0.05) is 0 Å². The number of imidazole rings is 1. The highest BCUT2D eigenvalue weighted by Gasteiger charge is 2.31. The van der Waals surface area contributed by atoms with Crippen molar-refractivity contribution in [2.45, 2.75) is 19.3 Å². The molecule has 19 heavy (non-hydrogen) atoms. The van der Waals surface area contributed by atoms with Crippen LogP contribution in [-0.4, -0.2) is 20.6 Å². The standard InChI is InChI=1S/C11H10F3N3O2/c12-11(13,14)6-1-2-8-7(3-6)16-9(4-15)17(8)5-10(18)19/h1-3H,4-5,15H2,(H,18,19). The highest BCUT2D eigenvalue weighted by Crippen LogP contribution is 2.31. The van der Waals surface area contributed by atoms with Crippen LogP contribution in [-0.2, 0) is 24.1 Å². The van der Waals surface area contributed by atoms with Crippen molar-refractivity contribution in [2.24, 2.45) is 5.73 Å². The number of carbonyl (C=O) groups is 1. The van der Waals surface area contributed by atoms with E-state index in [1.165, 1.54) is 10.6 Å². The number of nitrogens with zero attached hydrogens (tertiary/aromatic N) is 2. The van der Waals surface area contributed by atoms with Crippen LogP contribution in [0.4, 0.5) is 13.2 Å². The smallest absolute Gasteiger partial charge is 0.416 e. The third kappa shape index (κ3) is 2.53. The lowest BCUT2D eigenvalue weighted by Gasteiger charge is -2.07.